The number of nitrogens with two attached hydrogens (primary N) is 1. The van der Waals surface area contributed by atoms with Crippen LogP contribution in [-0.4, -0.2) is 29.8 Å². The number of unbranched alkanes of at least 4 members (excludes halogenated alkanes) is 1. The van der Waals surface area contributed by atoms with Crippen LogP contribution in [0.1, 0.15) is 30.1 Å². The number of benzene rings is 1. The van der Waals surface area contributed by atoms with Gasteiger partial charge < -0.3 is 10.6 Å². The Kier molecular flexibility index (Phi) is 6.37. The van der Waals surface area contributed by atoms with Gasteiger partial charge in [-0.1, -0.05) is 13.3 Å². The van der Waals surface area contributed by atoms with Gasteiger partial charge in [0.15, 0.2) is 0 Å². The molecule has 0 spiro atoms. The Morgan fingerprint density at radius 3 is 2.68 bits per heavy atom. The number of carbonyl (C=O) groups is 2. The first-order valence-corrected chi connectivity index (χ1v) is 7.25. The van der Waals surface area contributed by atoms with Crippen molar-refractivity contribution in [3.63, 3.8) is 0 Å². The molecule has 1 rings (SSSR count). The number of halogens is 1. The first-order chi connectivity index (χ1) is 8.95. The van der Waals surface area contributed by atoms with Gasteiger partial charge in [0.1, 0.15) is 0 Å². The van der Waals surface area contributed by atoms with Crippen molar-refractivity contribution in [1.82, 2.24) is 4.90 Å². The third kappa shape index (κ3) is 4.87. The summed E-state index contributed by atoms with van der Waals surface area (Å²) in [6, 6.07) is 5.22. The summed E-state index contributed by atoms with van der Waals surface area (Å²) in [6.45, 7) is 2.47. The van der Waals surface area contributed by atoms with E-state index in [4.69, 9.17) is 5.73 Å². The minimum absolute atomic E-state index is 0.0674. The molecular formula is C13H17BrN2O2S. The Morgan fingerprint density at radius 1 is 1.42 bits per heavy atom. The molecule has 4 nitrogen and oxygen atoms in total. The highest BCUT2D eigenvalue weighted by Gasteiger charge is 2.19. The lowest BCUT2D eigenvalue weighted by molar-refractivity contribution is -0.118. The van der Waals surface area contributed by atoms with Crippen LogP contribution in [0.2, 0.25) is 0 Å². The van der Waals surface area contributed by atoms with Crippen molar-refractivity contribution in [2.45, 2.75) is 24.7 Å². The van der Waals surface area contributed by atoms with Crippen LogP contribution in [-0.2, 0) is 4.79 Å². The monoisotopic (exact) mass is 344 g/mol. The maximum Gasteiger partial charge on any atom is 0.255 e. The van der Waals surface area contributed by atoms with Crippen LogP contribution in [0.25, 0.3) is 0 Å². The van der Waals surface area contributed by atoms with E-state index in [-0.39, 0.29) is 12.5 Å². The van der Waals surface area contributed by atoms with Gasteiger partial charge in [-0.15, -0.1) is 12.6 Å². The molecule has 1 aromatic carbocycles. The number of amides is 2. The minimum Gasteiger partial charge on any atom is -0.368 e. The summed E-state index contributed by atoms with van der Waals surface area (Å²) in [6.07, 6.45) is 1.77. The Morgan fingerprint density at radius 2 is 2.11 bits per heavy atom. The Hall–Kier alpha value is -1.01. The Labute approximate surface area is 126 Å². The van der Waals surface area contributed by atoms with Gasteiger partial charge in [-0.25, -0.2) is 0 Å². The summed E-state index contributed by atoms with van der Waals surface area (Å²) in [5, 5.41) is 0. The fraction of sp³-hybridized carbons (Fsp3) is 0.385. The predicted molar refractivity (Wildman–Crippen MR) is 81.4 cm³/mol. The molecule has 0 saturated carbocycles. The molecule has 0 aliphatic rings. The maximum atomic E-state index is 12.4. The smallest absolute Gasteiger partial charge is 0.255 e. The molecule has 0 radical (unpaired) electrons. The van der Waals surface area contributed by atoms with Crippen molar-refractivity contribution >= 4 is 40.4 Å². The van der Waals surface area contributed by atoms with Gasteiger partial charge in [-0.3, -0.25) is 9.59 Å². The standard InChI is InChI=1S/C13H17BrN2O2S/c1-2-3-6-16(8-12(15)17)13(18)10-7-9(19)4-5-11(10)14/h4-5,7,19H,2-3,6,8H2,1H3,(H2,15,17). The molecule has 0 aromatic heterocycles. The van der Waals surface area contributed by atoms with Crippen molar-refractivity contribution < 1.29 is 9.59 Å². The number of hydrogen-bond donors (Lipinski definition) is 2. The predicted octanol–water partition coefficient (Wildman–Crippen LogP) is 2.47. The molecule has 19 heavy (non-hydrogen) atoms. The third-order valence-electron chi connectivity index (χ3n) is 2.60. The van der Waals surface area contributed by atoms with E-state index in [2.05, 4.69) is 28.6 Å². The van der Waals surface area contributed by atoms with Crippen LogP contribution in [0.4, 0.5) is 0 Å². The Balaban J connectivity index is 2.97. The molecule has 1 aromatic rings. The van der Waals surface area contributed by atoms with Gasteiger partial charge >= 0.3 is 0 Å². The van der Waals surface area contributed by atoms with Crippen molar-refractivity contribution in [3.8, 4) is 0 Å². The third-order valence-corrected chi connectivity index (χ3v) is 3.57. The highest BCUT2D eigenvalue weighted by molar-refractivity contribution is 9.10. The molecule has 104 valence electrons. The summed E-state index contributed by atoms with van der Waals surface area (Å²) in [5.74, 6) is -0.724. The van der Waals surface area contributed by atoms with E-state index < -0.39 is 5.91 Å². The number of carbonyl (C=O) groups excluding carboxylic acids is 2. The van der Waals surface area contributed by atoms with Gasteiger partial charge in [-0.2, -0.15) is 0 Å². The number of rotatable bonds is 6. The van der Waals surface area contributed by atoms with E-state index in [0.717, 1.165) is 12.8 Å². The van der Waals surface area contributed by atoms with Crippen LogP contribution in [0.15, 0.2) is 27.6 Å². The number of primary amides is 1. The quantitative estimate of drug-likeness (QED) is 0.778. The van der Waals surface area contributed by atoms with Crippen molar-refractivity contribution in [3.05, 3.63) is 28.2 Å². The fourth-order valence-electron chi connectivity index (χ4n) is 1.64. The highest BCUT2D eigenvalue weighted by atomic mass is 79.9. The van der Waals surface area contributed by atoms with E-state index in [0.29, 0.717) is 21.5 Å². The summed E-state index contributed by atoms with van der Waals surface area (Å²) < 4.78 is 0.682. The number of hydrogen-bond acceptors (Lipinski definition) is 3. The summed E-state index contributed by atoms with van der Waals surface area (Å²) in [4.78, 5) is 25.6. The van der Waals surface area contributed by atoms with Crippen molar-refractivity contribution in [2.24, 2.45) is 5.73 Å². The van der Waals surface area contributed by atoms with E-state index >= 15 is 0 Å². The van der Waals surface area contributed by atoms with Crippen LogP contribution in [0.5, 0.6) is 0 Å². The average molecular weight is 345 g/mol. The maximum absolute atomic E-state index is 12.4. The van der Waals surface area contributed by atoms with E-state index in [9.17, 15) is 9.59 Å². The Bertz CT molecular complexity index is 480. The van der Waals surface area contributed by atoms with E-state index in [1.807, 2.05) is 6.92 Å². The lowest BCUT2D eigenvalue weighted by Crippen LogP contribution is -2.39. The van der Waals surface area contributed by atoms with Crippen LogP contribution in [0.3, 0.4) is 0 Å². The largest absolute Gasteiger partial charge is 0.368 e. The first-order valence-electron chi connectivity index (χ1n) is 6.01. The lowest BCUT2D eigenvalue weighted by atomic mass is 10.2. The zero-order valence-electron chi connectivity index (χ0n) is 10.7. The second-order valence-electron chi connectivity index (χ2n) is 4.21. The molecule has 0 aliphatic heterocycles. The van der Waals surface area contributed by atoms with Gasteiger partial charge in [0.25, 0.3) is 5.91 Å². The highest BCUT2D eigenvalue weighted by Crippen LogP contribution is 2.22. The molecule has 0 heterocycles. The molecule has 6 heteroatoms. The molecule has 0 fully saturated rings. The molecule has 0 bridgehead atoms. The molecule has 2 N–H and O–H groups in total. The second-order valence-corrected chi connectivity index (χ2v) is 5.58. The summed E-state index contributed by atoms with van der Waals surface area (Å²) in [7, 11) is 0. The first kappa shape index (κ1) is 16.0. The second kappa shape index (κ2) is 7.55. The summed E-state index contributed by atoms with van der Waals surface area (Å²) >= 11 is 7.56. The normalized spacial score (nSPS) is 10.3. The molecule has 0 aliphatic carbocycles. The average Bonchev–Trinajstić information content (AvgIpc) is 2.36. The van der Waals surface area contributed by atoms with Gasteiger partial charge in [0.2, 0.25) is 5.91 Å². The topological polar surface area (TPSA) is 63.4 Å². The number of thiol groups is 1. The lowest BCUT2D eigenvalue weighted by Gasteiger charge is -2.21. The minimum atomic E-state index is -0.511. The van der Waals surface area contributed by atoms with Crippen LogP contribution in [0, 0.1) is 0 Å². The van der Waals surface area contributed by atoms with Gasteiger partial charge in [0, 0.05) is 15.9 Å². The van der Waals surface area contributed by atoms with Crippen LogP contribution < -0.4 is 5.73 Å². The van der Waals surface area contributed by atoms with Crippen molar-refractivity contribution in [2.75, 3.05) is 13.1 Å². The molecule has 0 unspecified atom stereocenters. The van der Waals surface area contributed by atoms with Crippen LogP contribution >= 0.6 is 28.6 Å². The van der Waals surface area contributed by atoms with Gasteiger partial charge in [0.05, 0.1) is 12.1 Å². The molecule has 2 amide bonds. The molecule has 0 atom stereocenters. The van der Waals surface area contributed by atoms with Gasteiger partial charge in [-0.05, 0) is 40.5 Å². The zero-order valence-corrected chi connectivity index (χ0v) is 13.2. The molecule has 0 saturated heterocycles. The summed E-state index contributed by atoms with van der Waals surface area (Å²) in [5.41, 5.74) is 5.68. The van der Waals surface area contributed by atoms with Crippen molar-refractivity contribution in [1.29, 1.82) is 0 Å². The fourth-order valence-corrected chi connectivity index (χ4v) is 2.26. The number of nitrogens with zero attached hydrogens (tertiary/aromatic N) is 1. The molecular weight excluding hydrogens is 328 g/mol. The van der Waals surface area contributed by atoms with E-state index in [1.165, 1.54) is 4.90 Å². The SMILES string of the molecule is CCCCN(CC(N)=O)C(=O)c1cc(S)ccc1Br. The zero-order chi connectivity index (χ0) is 14.4. The van der Waals surface area contributed by atoms with E-state index in [1.54, 1.807) is 18.2 Å².